The van der Waals surface area contributed by atoms with Gasteiger partial charge in [-0.15, -0.1) is 0 Å². The number of carbonyl (C=O) groups is 2. The number of ether oxygens (including phenoxy) is 1. The number of nitrogens with zero attached hydrogens (tertiary/aromatic N) is 1. The predicted molar refractivity (Wildman–Crippen MR) is 109 cm³/mol. The van der Waals surface area contributed by atoms with E-state index in [0.717, 1.165) is 16.8 Å². The van der Waals surface area contributed by atoms with Gasteiger partial charge in [0, 0.05) is 11.4 Å². The van der Waals surface area contributed by atoms with Gasteiger partial charge in [0.2, 0.25) is 0 Å². The number of amides is 2. The lowest BCUT2D eigenvalue weighted by Crippen LogP contribution is -2.18. The zero-order valence-electron chi connectivity index (χ0n) is 15.9. The monoisotopic (exact) mass is 375 g/mol. The van der Waals surface area contributed by atoms with Crippen LogP contribution < -0.4 is 15.4 Å². The lowest BCUT2D eigenvalue weighted by molar-refractivity contribution is 0.101. The molecule has 0 unspecified atom stereocenters. The van der Waals surface area contributed by atoms with E-state index in [4.69, 9.17) is 4.74 Å². The third-order valence-electron chi connectivity index (χ3n) is 4.20. The Morgan fingerprint density at radius 1 is 0.857 bits per heavy atom. The maximum absolute atomic E-state index is 12.6. The number of aryl methyl sites for hydroxylation is 2. The summed E-state index contributed by atoms with van der Waals surface area (Å²) in [6.45, 7) is 3.87. The molecule has 6 nitrogen and oxygen atoms in total. The Morgan fingerprint density at radius 3 is 2.14 bits per heavy atom. The summed E-state index contributed by atoms with van der Waals surface area (Å²) >= 11 is 0. The lowest BCUT2D eigenvalue weighted by Gasteiger charge is -2.10. The van der Waals surface area contributed by atoms with Crippen molar-refractivity contribution in [2.75, 3.05) is 17.7 Å². The van der Waals surface area contributed by atoms with Gasteiger partial charge in [0.05, 0.1) is 7.11 Å². The highest BCUT2D eigenvalue weighted by atomic mass is 16.5. The van der Waals surface area contributed by atoms with E-state index < -0.39 is 5.91 Å². The molecule has 1 heterocycles. The van der Waals surface area contributed by atoms with Crippen LogP contribution in [0.1, 0.15) is 32.1 Å². The van der Waals surface area contributed by atoms with Crippen LogP contribution in [0.25, 0.3) is 0 Å². The van der Waals surface area contributed by atoms with Crippen molar-refractivity contribution in [3.63, 3.8) is 0 Å². The number of benzene rings is 2. The number of hydrogen-bond acceptors (Lipinski definition) is 4. The molecular weight excluding hydrogens is 354 g/mol. The predicted octanol–water partition coefficient (Wildman–Crippen LogP) is 4.21. The summed E-state index contributed by atoms with van der Waals surface area (Å²) < 4.78 is 5.10. The molecule has 1 aromatic heterocycles. The molecule has 6 heteroatoms. The first-order valence-corrected chi connectivity index (χ1v) is 8.77. The number of nitrogens with one attached hydrogen (secondary N) is 2. The zero-order valence-corrected chi connectivity index (χ0v) is 15.9. The van der Waals surface area contributed by atoms with Crippen molar-refractivity contribution in [3.05, 3.63) is 83.2 Å². The van der Waals surface area contributed by atoms with Crippen LogP contribution in [0.2, 0.25) is 0 Å². The molecule has 0 saturated heterocycles. The normalized spacial score (nSPS) is 10.2. The van der Waals surface area contributed by atoms with Crippen LogP contribution in [0.3, 0.4) is 0 Å². The summed E-state index contributed by atoms with van der Waals surface area (Å²) in [7, 11) is 1.58. The van der Waals surface area contributed by atoms with Gasteiger partial charge in [0.15, 0.2) is 0 Å². The van der Waals surface area contributed by atoms with Gasteiger partial charge < -0.3 is 15.4 Å². The van der Waals surface area contributed by atoms with Gasteiger partial charge in [0.25, 0.3) is 11.8 Å². The van der Waals surface area contributed by atoms with E-state index in [-0.39, 0.29) is 17.3 Å². The molecule has 2 N–H and O–H groups in total. The molecule has 0 radical (unpaired) electrons. The molecule has 2 aromatic carbocycles. The van der Waals surface area contributed by atoms with Crippen LogP contribution in [0.5, 0.6) is 5.75 Å². The standard InChI is InChI=1S/C22H21N3O3/c1-14-7-8-15(2)20(13-14)25-22(27)19-6-4-5-18(24-19)21(26)23-16-9-11-17(28-3)12-10-16/h4-13H,1-3H3,(H,23,26)(H,25,27). The fourth-order valence-electron chi connectivity index (χ4n) is 2.61. The molecule has 0 fully saturated rings. The molecule has 0 saturated carbocycles. The number of pyridine rings is 1. The first kappa shape index (κ1) is 19.1. The molecule has 28 heavy (non-hydrogen) atoms. The Hall–Kier alpha value is -3.67. The average Bonchev–Trinajstić information content (AvgIpc) is 2.71. The molecule has 3 rings (SSSR count). The van der Waals surface area contributed by atoms with Crippen molar-refractivity contribution in [1.82, 2.24) is 4.98 Å². The van der Waals surface area contributed by atoms with Crippen molar-refractivity contribution in [2.24, 2.45) is 0 Å². The molecule has 2 amide bonds. The Morgan fingerprint density at radius 2 is 1.50 bits per heavy atom. The Bertz CT molecular complexity index is 1010. The van der Waals surface area contributed by atoms with E-state index in [2.05, 4.69) is 15.6 Å². The SMILES string of the molecule is COc1ccc(NC(=O)c2cccc(C(=O)Nc3cc(C)ccc3C)n2)cc1. The number of rotatable bonds is 5. The van der Waals surface area contributed by atoms with E-state index in [1.807, 2.05) is 32.0 Å². The highest BCUT2D eigenvalue weighted by molar-refractivity contribution is 6.06. The van der Waals surface area contributed by atoms with Crippen molar-refractivity contribution in [1.29, 1.82) is 0 Å². The molecule has 3 aromatic rings. The largest absolute Gasteiger partial charge is 0.497 e. The zero-order chi connectivity index (χ0) is 20.1. The second-order valence-corrected chi connectivity index (χ2v) is 6.36. The van der Waals surface area contributed by atoms with Crippen LogP contribution >= 0.6 is 0 Å². The number of methoxy groups -OCH3 is 1. The minimum atomic E-state index is -0.397. The van der Waals surface area contributed by atoms with Crippen LogP contribution in [0.15, 0.2) is 60.7 Å². The number of aromatic nitrogens is 1. The Kier molecular flexibility index (Phi) is 5.69. The summed E-state index contributed by atoms with van der Waals surface area (Å²) in [4.78, 5) is 29.2. The van der Waals surface area contributed by atoms with Crippen molar-refractivity contribution in [2.45, 2.75) is 13.8 Å². The van der Waals surface area contributed by atoms with Crippen LogP contribution in [0.4, 0.5) is 11.4 Å². The fourth-order valence-corrected chi connectivity index (χ4v) is 2.61. The van der Waals surface area contributed by atoms with Gasteiger partial charge in [-0.3, -0.25) is 9.59 Å². The first-order chi connectivity index (χ1) is 13.5. The minimum Gasteiger partial charge on any atom is -0.497 e. The van der Waals surface area contributed by atoms with Gasteiger partial charge >= 0.3 is 0 Å². The quantitative estimate of drug-likeness (QED) is 0.700. The van der Waals surface area contributed by atoms with Crippen molar-refractivity contribution >= 4 is 23.2 Å². The third kappa shape index (κ3) is 4.54. The molecule has 0 bridgehead atoms. The summed E-state index contributed by atoms with van der Waals surface area (Å²) in [6.07, 6.45) is 0. The molecule has 0 spiro atoms. The van der Waals surface area contributed by atoms with Gasteiger partial charge in [-0.25, -0.2) is 4.98 Å². The van der Waals surface area contributed by atoms with E-state index in [0.29, 0.717) is 11.4 Å². The lowest BCUT2D eigenvalue weighted by atomic mass is 10.1. The number of carbonyl (C=O) groups excluding carboxylic acids is 2. The van der Waals surface area contributed by atoms with Gasteiger partial charge in [-0.1, -0.05) is 18.2 Å². The molecule has 0 aliphatic rings. The highest BCUT2D eigenvalue weighted by Gasteiger charge is 2.14. The minimum absolute atomic E-state index is 0.157. The van der Waals surface area contributed by atoms with E-state index >= 15 is 0 Å². The van der Waals surface area contributed by atoms with Crippen LogP contribution in [0, 0.1) is 13.8 Å². The Balaban J connectivity index is 1.74. The smallest absolute Gasteiger partial charge is 0.274 e. The summed E-state index contributed by atoms with van der Waals surface area (Å²) in [5.41, 5.74) is 3.65. The summed E-state index contributed by atoms with van der Waals surface area (Å²) in [5, 5.41) is 5.60. The second kappa shape index (κ2) is 8.35. The molecule has 0 atom stereocenters. The number of hydrogen-bond donors (Lipinski definition) is 2. The van der Waals surface area contributed by atoms with E-state index in [1.54, 1.807) is 49.6 Å². The first-order valence-electron chi connectivity index (χ1n) is 8.77. The highest BCUT2D eigenvalue weighted by Crippen LogP contribution is 2.18. The second-order valence-electron chi connectivity index (χ2n) is 6.36. The van der Waals surface area contributed by atoms with Gasteiger partial charge in [-0.2, -0.15) is 0 Å². The van der Waals surface area contributed by atoms with Crippen molar-refractivity contribution in [3.8, 4) is 5.75 Å². The number of anilines is 2. The van der Waals surface area contributed by atoms with Gasteiger partial charge in [-0.05, 0) is 67.4 Å². The van der Waals surface area contributed by atoms with E-state index in [9.17, 15) is 9.59 Å². The summed E-state index contributed by atoms with van der Waals surface area (Å²) in [6, 6.07) is 17.5. The van der Waals surface area contributed by atoms with E-state index in [1.165, 1.54) is 0 Å². The maximum atomic E-state index is 12.6. The Labute approximate surface area is 163 Å². The molecule has 0 aliphatic carbocycles. The maximum Gasteiger partial charge on any atom is 0.274 e. The fraction of sp³-hybridized carbons (Fsp3) is 0.136. The van der Waals surface area contributed by atoms with Gasteiger partial charge in [0.1, 0.15) is 17.1 Å². The molecule has 0 aliphatic heterocycles. The average molecular weight is 375 g/mol. The van der Waals surface area contributed by atoms with Crippen LogP contribution in [-0.2, 0) is 0 Å². The molecular formula is C22H21N3O3. The molecule has 142 valence electrons. The topological polar surface area (TPSA) is 80.3 Å². The summed E-state index contributed by atoms with van der Waals surface area (Å²) in [5.74, 6) is -0.0689. The van der Waals surface area contributed by atoms with Crippen LogP contribution in [-0.4, -0.2) is 23.9 Å². The van der Waals surface area contributed by atoms with Crippen molar-refractivity contribution < 1.29 is 14.3 Å². The third-order valence-corrected chi connectivity index (χ3v) is 4.20.